The number of halogens is 2. The van der Waals surface area contributed by atoms with Crippen LogP contribution in [0.1, 0.15) is 17.3 Å². The van der Waals surface area contributed by atoms with Crippen LogP contribution in [0.2, 0.25) is 0 Å². The van der Waals surface area contributed by atoms with E-state index in [1.807, 2.05) is 28.8 Å². The minimum atomic E-state index is -0.362. The first kappa shape index (κ1) is 14.8. The van der Waals surface area contributed by atoms with E-state index in [4.69, 9.17) is 4.74 Å². The van der Waals surface area contributed by atoms with Crippen molar-refractivity contribution in [2.24, 2.45) is 0 Å². The Balaban J connectivity index is 2.21. The average Bonchev–Trinajstić information content (AvgIpc) is 2.90. The molecule has 0 bridgehead atoms. The molecule has 0 fully saturated rings. The molecule has 3 rings (SSSR count). The van der Waals surface area contributed by atoms with Gasteiger partial charge >= 0.3 is 5.97 Å². The predicted molar refractivity (Wildman–Crippen MR) is 86.4 cm³/mol. The molecule has 3 aromatic rings. The van der Waals surface area contributed by atoms with Gasteiger partial charge in [-0.2, -0.15) is 0 Å². The number of benzene rings is 1. The standard InChI is InChI=1S/C17H13BrFNO2/c1-2-22-17(21)12-10-16(20-8-4-3-5-15(12)20)11-6-7-14(19)13(18)9-11/h3-10H,2H2,1H3. The van der Waals surface area contributed by atoms with Gasteiger partial charge in [0.25, 0.3) is 0 Å². The van der Waals surface area contributed by atoms with E-state index in [1.54, 1.807) is 25.1 Å². The largest absolute Gasteiger partial charge is 0.462 e. The zero-order chi connectivity index (χ0) is 15.7. The topological polar surface area (TPSA) is 30.7 Å². The van der Waals surface area contributed by atoms with E-state index < -0.39 is 0 Å². The summed E-state index contributed by atoms with van der Waals surface area (Å²) in [5.41, 5.74) is 2.87. The molecule has 0 aliphatic heterocycles. The molecule has 1 aromatic carbocycles. The Bertz CT molecular complexity index is 857. The lowest BCUT2D eigenvalue weighted by Crippen LogP contribution is -2.03. The van der Waals surface area contributed by atoms with E-state index >= 15 is 0 Å². The molecule has 0 saturated carbocycles. The van der Waals surface area contributed by atoms with Gasteiger partial charge in [0.2, 0.25) is 0 Å². The van der Waals surface area contributed by atoms with Gasteiger partial charge in [0.15, 0.2) is 0 Å². The number of hydrogen-bond acceptors (Lipinski definition) is 2. The Morgan fingerprint density at radius 3 is 2.82 bits per heavy atom. The van der Waals surface area contributed by atoms with Gasteiger partial charge in [0.1, 0.15) is 5.82 Å². The van der Waals surface area contributed by atoms with Crippen LogP contribution in [0.4, 0.5) is 4.39 Å². The summed E-state index contributed by atoms with van der Waals surface area (Å²) < 4.78 is 20.8. The van der Waals surface area contributed by atoms with E-state index in [0.29, 0.717) is 16.6 Å². The number of carbonyl (C=O) groups excluding carboxylic acids is 1. The maximum absolute atomic E-state index is 13.4. The molecule has 3 nitrogen and oxygen atoms in total. The molecule has 2 heterocycles. The summed E-state index contributed by atoms with van der Waals surface area (Å²) in [6.07, 6.45) is 1.87. The number of ether oxygens (including phenoxy) is 1. The maximum atomic E-state index is 13.4. The van der Waals surface area contributed by atoms with E-state index in [2.05, 4.69) is 15.9 Å². The highest BCUT2D eigenvalue weighted by atomic mass is 79.9. The maximum Gasteiger partial charge on any atom is 0.340 e. The number of rotatable bonds is 3. The van der Waals surface area contributed by atoms with E-state index in [1.165, 1.54) is 6.07 Å². The Morgan fingerprint density at radius 2 is 2.09 bits per heavy atom. The summed E-state index contributed by atoms with van der Waals surface area (Å²) in [6, 6.07) is 12.1. The minimum absolute atomic E-state index is 0.320. The molecule has 0 unspecified atom stereocenters. The second-order valence-corrected chi connectivity index (χ2v) is 5.60. The van der Waals surface area contributed by atoms with Crippen LogP contribution in [-0.4, -0.2) is 17.0 Å². The summed E-state index contributed by atoms with van der Waals surface area (Å²) in [5.74, 6) is -0.686. The van der Waals surface area contributed by atoms with Crippen molar-refractivity contribution in [2.75, 3.05) is 6.61 Å². The molecule has 0 N–H and O–H groups in total. The molecule has 0 saturated heterocycles. The van der Waals surface area contributed by atoms with Gasteiger partial charge in [-0.1, -0.05) is 6.07 Å². The molecule has 5 heteroatoms. The quantitative estimate of drug-likeness (QED) is 0.633. The van der Waals surface area contributed by atoms with Crippen LogP contribution in [0.3, 0.4) is 0 Å². The van der Waals surface area contributed by atoms with Crippen molar-refractivity contribution in [3.05, 3.63) is 64.5 Å². The van der Waals surface area contributed by atoms with Gasteiger partial charge in [0.05, 0.1) is 27.9 Å². The lowest BCUT2D eigenvalue weighted by atomic mass is 10.1. The third kappa shape index (κ3) is 2.52. The molecule has 0 radical (unpaired) electrons. The summed E-state index contributed by atoms with van der Waals surface area (Å²) in [7, 11) is 0. The Hall–Kier alpha value is -2.14. The summed E-state index contributed by atoms with van der Waals surface area (Å²) >= 11 is 3.19. The first-order valence-corrected chi connectivity index (χ1v) is 7.63. The number of pyridine rings is 1. The highest BCUT2D eigenvalue weighted by Crippen LogP contribution is 2.29. The molecule has 0 aliphatic rings. The SMILES string of the molecule is CCOC(=O)c1cc(-c2ccc(F)c(Br)c2)n2ccccc12. The van der Waals surface area contributed by atoms with Crippen LogP contribution < -0.4 is 0 Å². The van der Waals surface area contributed by atoms with Gasteiger partial charge in [-0.05, 0) is 64.8 Å². The molecule has 0 atom stereocenters. The van der Waals surface area contributed by atoms with E-state index in [9.17, 15) is 9.18 Å². The van der Waals surface area contributed by atoms with E-state index in [-0.39, 0.29) is 11.8 Å². The monoisotopic (exact) mass is 361 g/mol. The molecule has 0 aliphatic carbocycles. The highest BCUT2D eigenvalue weighted by molar-refractivity contribution is 9.10. The number of esters is 1. The molecule has 112 valence electrons. The van der Waals surface area contributed by atoms with Crippen LogP contribution in [0, 0.1) is 5.82 Å². The lowest BCUT2D eigenvalue weighted by molar-refractivity contribution is 0.0529. The molecular weight excluding hydrogens is 349 g/mol. The zero-order valence-electron chi connectivity index (χ0n) is 11.8. The van der Waals surface area contributed by atoms with Crippen LogP contribution in [0.25, 0.3) is 16.8 Å². The van der Waals surface area contributed by atoms with Gasteiger partial charge in [0, 0.05) is 6.20 Å². The third-order valence-corrected chi connectivity index (χ3v) is 3.99. The number of aromatic nitrogens is 1. The van der Waals surface area contributed by atoms with Crippen molar-refractivity contribution in [3.63, 3.8) is 0 Å². The molecule has 2 aromatic heterocycles. The molecule has 22 heavy (non-hydrogen) atoms. The summed E-state index contributed by atoms with van der Waals surface area (Å²) in [5, 5.41) is 0. The number of carbonyl (C=O) groups is 1. The smallest absolute Gasteiger partial charge is 0.340 e. The van der Waals surface area contributed by atoms with Crippen molar-refractivity contribution in [3.8, 4) is 11.3 Å². The molecular formula is C17H13BrFNO2. The second kappa shape index (κ2) is 5.93. The van der Waals surface area contributed by atoms with Crippen molar-refractivity contribution in [1.29, 1.82) is 0 Å². The average molecular weight is 362 g/mol. The van der Waals surface area contributed by atoms with Crippen LogP contribution >= 0.6 is 15.9 Å². The van der Waals surface area contributed by atoms with Gasteiger partial charge in [-0.25, -0.2) is 9.18 Å². The highest BCUT2D eigenvalue weighted by Gasteiger charge is 2.17. The van der Waals surface area contributed by atoms with Gasteiger partial charge in [-0.15, -0.1) is 0 Å². The van der Waals surface area contributed by atoms with Crippen LogP contribution in [-0.2, 0) is 4.74 Å². The summed E-state index contributed by atoms with van der Waals surface area (Å²) in [4.78, 5) is 12.1. The number of nitrogens with zero attached hydrogens (tertiary/aromatic N) is 1. The van der Waals surface area contributed by atoms with Crippen LogP contribution in [0.5, 0.6) is 0 Å². The predicted octanol–water partition coefficient (Wildman–Crippen LogP) is 4.68. The fraction of sp³-hybridized carbons (Fsp3) is 0.118. The fourth-order valence-corrected chi connectivity index (χ4v) is 2.78. The van der Waals surface area contributed by atoms with Crippen molar-refractivity contribution in [2.45, 2.75) is 6.92 Å². The van der Waals surface area contributed by atoms with Gasteiger partial charge in [-0.3, -0.25) is 0 Å². The first-order valence-electron chi connectivity index (χ1n) is 6.84. The van der Waals surface area contributed by atoms with Crippen LogP contribution in [0.15, 0.2) is 53.1 Å². The Labute approximate surface area is 135 Å². The fourth-order valence-electron chi connectivity index (χ4n) is 2.40. The van der Waals surface area contributed by atoms with Crippen molar-refractivity contribution < 1.29 is 13.9 Å². The normalized spacial score (nSPS) is 10.9. The Morgan fingerprint density at radius 1 is 1.27 bits per heavy atom. The second-order valence-electron chi connectivity index (χ2n) is 4.75. The number of hydrogen-bond donors (Lipinski definition) is 0. The third-order valence-electron chi connectivity index (χ3n) is 3.39. The lowest BCUT2D eigenvalue weighted by Gasteiger charge is -2.04. The van der Waals surface area contributed by atoms with E-state index in [0.717, 1.165) is 16.8 Å². The minimum Gasteiger partial charge on any atom is -0.462 e. The number of fused-ring (bicyclic) bond motifs is 1. The Kier molecular flexibility index (Phi) is 3.98. The first-order chi connectivity index (χ1) is 10.6. The zero-order valence-corrected chi connectivity index (χ0v) is 13.4. The van der Waals surface area contributed by atoms with Gasteiger partial charge < -0.3 is 9.14 Å². The van der Waals surface area contributed by atoms with Crippen molar-refractivity contribution >= 4 is 27.4 Å². The molecule has 0 amide bonds. The summed E-state index contributed by atoms with van der Waals surface area (Å²) in [6.45, 7) is 2.09. The molecule has 0 spiro atoms. The van der Waals surface area contributed by atoms with Crippen molar-refractivity contribution in [1.82, 2.24) is 4.40 Å².